The van der Waals surface area contributed by atoms with Gasteiger partial charge in [-0.2, -0.15) is 0 Å². The predicted molar refractivity (Wildman–Crippen MR) is 162 cm³/mol. The highest BCUT2D eigenvalue weighted by molar-refractivity contribution is 5.94. The molecule has 3 aromatic carbocycles. The monoisotopic (exact) mass is 541 g/mol. The van der Waals surface area contributed by atoms with E-state index in [1.807, 2.05) is 42.5 Å². The average molecular weight is 542 g/mol. The number of carbonyl (C=O) groups is 1. The lowest BCUT2D eigenvalue weighted by molar-refractivity contribution is 0.0478. The van der Waals surface area contributed by atoms with Gasteiger partial charge in [-0.25, -0.2) is 0 Å². The van der Waals surface area contributed by atoms with Crippen LogP contribution in [0.1, 0.15) is 21.5 Å². The number of amides is 1. The van der Waals surface area contributed by atoms with E-state index in [1.54, 1.807) is 0 Å². The number of benzene rings is 3. The number of piperazine rings is 2. The van der Waals surface area contributed by atoms with Crippen molar-refractivity contribution in [2.75, 3.05) is 70.9 Å². The van der Waals surface area contributed by atoms with Gasteiger partial charge in [0.05, 0.1) is 12.1 Å². The first-order valence-electron chi connectivity index (χ1n) is 14.6. The number of likely N-dealkylation sites (N-methyl/N-ethyl adjacent to an activating group) is 1. The Balaban J connectivity index is 1.18. The molecule has 2 aliphatic rings. The molecule has 0 radical (unpaired) electrons. The third kappa shape index (κ3) is 7.92. The largest absolute Gasteiger partial charge is 0.390 e. The highest BCUT2D eigenvalue weighted by Crippen LogP contribution is 2.18. The second-order valence-corrected chi connectivity index (χ2v) is 11.2. The molecule has 7 nitrogen and oxygen atoms in total. The highest BCUT2D eigenvalue weighted by atomic mass is 16.3. The van der Waals surface area contributed by atoms with Gasteiger partial charge in [0.1, 0.15) is 0 Å². The first kappa shape index (κ1) is 28.3. The summed E-state index contributed by atoms with van der Waals surface area (Å²) in [7, 11) is 2.15. The lowest BCUT2D eigenvalue weighted by atomic mass is 10.00. The SMILES string of the molecule is CN1CCN(c2ccc(C(=O)N[C@@H](Cc3ccccc3)[C@@H](O)CN3CCN(Cc4ccccc4)CC3)cc2)CC1. The Morgan fingerprint density at radius 3 is 1.95 bits per heavy atom. The lowest BCUT2D eigenvalue weighted by Crippen LogP contribution is -2.53. The summed E-state index contributed by atoms with van der Waals surface area (Å²) in [6.07, 6.45) is -0.0874. The summed E-state index contributed by atoms with van der Waals surface area (Å²) in [6.45, 7) is 9.33. The lowest BCUT2D eigenvalue weighted by Gasteiger charge is -2.37. The number of hydrogen-bond donors (Lipinski definition) is 2. The smallest absolute Gasteiger partial charge is 0.251 e. The molecule has 0 saturated carbocycles. The number of aliphatic hydroxyl groups excluding tert-OH is 1. The van der Waals surface area contributed by atoms with Gasteiger partial charge in [-0.1, -0.05) is 60.7 Å². The summed E-state index contributed by atoms with van der Waals surface area (Å²) in [5.41, 5.74) is 4.21. The Labute approximate surface area is 239 Å². The summed E-state index contributed by atoms with van der Waals surface area (Å²) in [5, 5.41) is 14.5. The maximum Gasteiger partial charge on any atom is 0.251 e. The number of hydrogen-bond acceptors (Lipinski definition) is 6. The molecule has 1 amide bonds. The summed E-state index contributed by atoms with van der Waals surface area (Å²) in [4.78, 5) is 22.8. The maximum absolute atomic E-state index is 13.3. The molecule has 7 heteroatoms. The van der Waals surface area contributed by atoms with Crippen molar-refractivity contribution in [2.24, 2.45) is 0 Å². The van der Waals surface area contributed by atoms with Crippen molar-refractivity contribution in [3.8, 4) is 0 Å². The standard InChI is InChI=1S/C33H43N5O2/c1-35-16-22-38(23-17-35)30-14-12-29(13-15-30)33(40)34-31(24-27-8-4-2-5-9-27)32(39)26-37-20-18-36(19-21-37)25-28-10-6-3-7-11-28/h2-15,31-32,39H,16-26H2,1H3,(H,34,40)/t31-,32-/m0/s1. The molecular weight excluding hydrogens is 498 g/mol. The predicted octanol–water partition coefficient (Wildman–Crippen LogP) is 2.96. The zero-order valence-corrected chi connectivity index (χ0v) is 23.7. The fraction of sp³-hybridized carbons (Fsp3) is 0.424. The molecule has 0 spiro atoms. The molecule has 2 N–H and O–H groups in total. The molecule has 212 valence electrons. The van der Waals surface area contributed by atoms with Crippen LogP contribution in [0.5, 0.6) is 0 Å². The molecule has 0 bridgehead atoms. The van der Waals surface area contributed by atoms with E-state index in [2.05, 4.69) is 74.4 Å². The third-order valence-electron chi connectivity index (χ3n) is 8.24. The Kier molecular flexibility index (Phi) is 9.84. The van der Waals surface area contributed by atoms with E-state index in [1.165, 1.54) is 5.56 Å². The fourth-order valence-corrected chi connectivity index (χ4v) is 5.65. The number of β-amino-alcohol motifs (C(OH)–C–C–N with tert-alkyl or cyclic N) is 1. The maximum atomic E-state index is 13.3. The minimum atomic E-state index is -0.672. The highest BCUT2D eigenvalue weighted by Gasteiger charge is 2.27. The molecule has 5 rings (SSSR count). The molecule has 0 aliphatic carbocycles. The van der Waals surface area contributed by atoms with Gasteiger partial charge in [0.15, 0.2) is 0 Å². The Morgan fingerprint density at radius 2 is 1.32 bits per heavy atom. The van der Waals surface area contributed by atoms with Crippen LogP contribution in [0.2, 0.25) is 0 Å². The second-order valence-electron chi connectivity index (χ2n) is 11.2. The van der Waals surface area contributed by atoms with Crippen LogP contribution in [-0.4, -0.2) is 104 Å². The molecule has 3 aromatic rings. The molecule has 2 aliphatic heterocycles. The van der Waals surface area contributed by atoms with Gasteiger partial charge in [-0.05, 0) is 48.9 Å². The summed E-state index contributed by atoms with van der Waals surface area (Å²) < 4.78 is 0. The van der Waals surface area contributed by atoms with E-state index in [9.17, 15) is 9.90 Å². The summed E-state index contributed by atoms with van der Waals surface area (Å²) >= 11 is 0. The fourth-order valence-electron chi connectivity index (χ4n) is 5.65. The average Bonchev–Trinajstić information content (AvgIpc) is 2.99. The number of nitrogens with one attached hydrogen (secondary N) is 1. The van der Waals surface area contributed by atoms with Gasteiger partial charge in [-0.3, -0.25) is 14.6 Å². The Hall–Kier alpha value is -3.23. The van der Waals surface area contributed by atoms with Crippen molar-refractivity contribution in [1.29, 1.82) is 0 Å². The molecule has 40 heavy (non-hydrogen) atoms. The van der Waals surface area contributed by atoms with Crippen LogP contribution in [0.25, 0.3) is 0 Å². The molecule has 0 aromatic heterocycles. The van der Waals surface area contributed by atoms with E-state index < -0.39 is 6.10 Å². The van der Waals surface area contributed by atoms with Crippen LogP contribution in [0.3, 0.4) is 0 Å². The second kappa shape index (κ2) is 13.9. The van der Waals surface area contributed by atoms with Crippen molar-refractivity contribution in [3.05, 3.63) is 102 Å². The molecule has 2 heterocycles. The van der Waals surface area contributed by atoms with Crippen molar-refractivity contribution in [2.45, 2.75) is 25.1 Å². The van der Waals surface area contributed by atoms with Crippen LogP contribution in [0.15, 0.2) is 84.9 Å². The number of nitrogens with zero attached hydrogens (tertiary/aromatic N) is 4. The van der Waals surface area contributed by atoms with E-state index in [-0.39, 0.29) is 11.9 Å². The van der Waals surface area contributed by atoms with Gasteiger partial charge in [0.2, 0.25) is 0 Å². The number of rotatable bonds is 10. The van der Waals surface area contributed by atoms with Crippen LogP contribution >= 0.6 is 0 Å². The Bertz CT molecular complexity index is 1170. The van der Waals surface area contributed by atoms with Gasteiger partial charge < -0.3 is 20.2 Å². The first-order chi connectivity index (χ1) is 19.5. The molecule has 2 atom stereocenters. The quantitative estimate of drug-likeness (QED) is 0.412. The minimum absolute atomic E-state index is 0.141. The zero-order chi connectivity index (χ0) is 27.7. The van der Waals surface area contributed by atoms with Gasteiger partial charge in [0.25, 0.3) is 5.91 Å². The number of anilines is 1. The van der Waals surface area contributed by atoms with Crippen molar-refractivity contribution < 1.29 is 9.90 Å². The topological polar surface area (TPSA) is 62.3 Å². The zero-order valence-electron chi connectivity index (χ0n) is 23.7. The van der Waals surface area contributed by atoms with Crippen molar-refractivity contribution in [1.82, 2.24) is 20.0 Å². The molecule has 0 unspecified atom stereocenters. The first-order valence-corrected chi connectivity index (χ1v) is 14.6. The summed E-state index contributed by atoms with van der Waals surface area (Å²) in [6, 6.07) is 28.2. The number of aliphatic hydroxyl groups is 1. The van der Waals surface area contributed by atoms with Gasteiger partial charge >= 0.3 is 0 Å². The van der Waals surface area contributed by atoms with Crippen LogP contribution < -0.4 is 10.2 Å². The van der Waals surface area contributed by atoms with E-state index >= 15 is 0 Å². The van der Waals surface area contributed by atoms with E-state index in [0.717, 1.165) is 70.2 Å². The van der Waals surface area contributed by atoms with Gasteiger partial charge in [-0.15, -0.1) is 0 Å². The van der Waals surface area contributed by atoms with Crippen LogP contribution in [0.4, 0.5) is 5.69 Å². The molecular formula is C33H43N5O2. The Morgan fingerprint density at radius 1 is 0.750 bits per heavy atom. The van der Waals surface area contributed by atoms with Gasteiger partial charge in [0, 0.05) is 76.7 Å². The summed E-state index contributed by atoms with van der Waals surface area (Å²) in [5.74, 6) is -0.141. The number of carbonyl (C=O) groups excluding carboxylic acids is 1. The van der Waals surface area contributed by atoms with E-state index in [4.69, 9.17) is 0 Å². The third-order valence-corrected chi connectivity index (χ3v) is 8.24. The minimum Gasteiger partial charge on any atom is -0.390 e. The molecule has 2 saturated heterocycles. The van der Waals surface area contributed by atoms with Crippen molar-refractivity contribution >= 4 is 11.6 Å². The van der Waals surface area contributed by atoms with E-state index in [0.29, 0.717) is 18.5 Å². The van der Waals surface area contributed by atoms with Crippen LogP contribution in [0, 0.1) is 0 Å². The normalized spacial score (nSPS) is 18.8. The molecule has 2 fully saturated rings. The van der Waals surface area contributed by atoms with Crippen molar-refractivity contribution in [3.63, 3.8) is 0 Å². The van der Waals surface area contributed by atoms with Crippen LogP contribution in [-0.2, 0) is 13.0 Å².